The number of hydrogen-bond acceptors (Lipinski definition) is 2. The Labute approximate surface area is 135 Å². The summed E-state index contributed by atoms with van der Waals surface area (Å²) in [5.74, 6) is 0.855. The van der Waals surface area contributed by atoms with E-state index in [0.717, 1.165) is 23.5 Å². The Morgan fingerprint density at radius 3 is 2.91 bits per heavy atom. The summed E-state index contributed by atoms with van der Waals surface area (Å²) in [5.41, 5.74) is 1.93. The van der Waals surface area contributed by atoms with Crippen molar-refractivity contribution in [3.63, 3.8) is 0 Å². The first-order chi connectivity index (χ1) is 11.2. The van der Waals surface area contributed by atoms with E-state index in [-0.39, 0.29) is 11.8 Å². The molecule has 0 aliphatic heterocycles. The number of fused-ring (bicyclic) bond motifs is 1. The number of rotatable bonds is 3. The highest BCUT2D eigenvalue weighted by Gasteiger charge is 2.44. The van der Waals surface area contributed by atoms with E-state index in [2.05, 4.69) is 27.4 Å². The zero-order valence-electron chi connectivity index (χ0n) is 12.6. The van der Waals surface area contributed by atoms with Gasteiger partial charge in [-0.05, 0) is 30.4 Å². The van der Waals surface area contributed by atoms with E-state index in [1.807, 2.05) is 36.4 Å². The van der Waals surface area contributed by atoms with E-state index in [1.54, 1.807) is 0 Å². The van der Waals surface area contributed by atoms with Gasteiger partial charge in [0.2, 0.25) is 11.9 Å². The molecule has 1 aromatic heterocycles. The van der Waals surface area contributed by atoms with Gasteiger partial charge >= 0.3 is 0 Å². The third-order valence-electron chi connectivity index (χ3n) is 4.33. The SMILES string of the molecule is [B]C1=CCC=c2nc(NC(=O)C3CC3c3ccccc3)[nH]c2=C1. The molecule has 2 N–H and O–H groups in total. The van der Waals surface area contributed by atoms with E-state index in [9.17, 15) is 4.79 Å². The van der Waals surface area contributed by atoms with Gasteiger partial charge in [-0.25, -0.2) is 4.98 Å². The van der Waals surface area contributed by atoms with Gasteiger partial charge in [0.1, 0.15) is 7.85 Å². The maximum Gasteiger partial charge on any atom is 0.230 e. The van der Waals surface area contributed by atoms with E-state index in [0.29, 0.717) is 17.3 Å². The van der Waals surface area contributed by atoms with Crippen LogP contribution in [-0.4, -0.2) is 23.7 Å². The molecule has 2 aliphatic carbocycles. The molecule has 23 heavy (non-hydrogen) atoms. The molecule has 1 saturated carbocycles. The van der Waals surface area contributed by atoms with Crippen molar-refractivity contribution < 1.29 is 4.79 Å². The number of carbonyl (C=O) groups excluding carboxylic acids is 1. The Hall–Kier alpha value is -2.56. The smallest absolute Gasteiger partial charge is 0.230 e. The Bertz CT molecular complexity index is 898. The lowest BCUT2D eigenvalue weighted by Crippen LogP contribution is -2.23. The first-order valence-electron chi connectivity index (χ1n) is 7.80. The van der Waals surface area contributed by atoms with Crippen LogP contribution in [0.4, 0.5) is 5.95 Å². The van der Waals surface area contributed by atoms with Crippen molar-refractivity contribution in [2.75, 3.05) is 5.32 Å². The van der Waals surface area contributed by atoms with E-state index >= 15 is 0 Å². The lowest BCUT2D eigenvalue weighted by Gasteiger charge is -2.01. The van der Waals surface area contributed by atoms with Crippen LogP contribution in [0.5, 0.6) is 0 Å². The second kappa shape index (κ2) is 5.58. The topological polar surface area (TPSA) is 57.8 Å². The molecule has 1 heterocycles. The fourth-order valence-electron chi connectivity index (χ4n) is 3.02. The lowest BCUT2D eigenvalue weighted by molar-refractivity contribution is -0.117. The van der Waals surface area contributed by atoms with Gasteiger partial charge in [0.25, 0.3) is 0 Å². The third kappa shape index (κ3) is 2.87. The molecule has 2 aromatic rings. The summed E-state index contributed by atoms with van der Waals surface area (Å²) in [6.45, 7) is 0. The van der Waals surface area contributed by atoms with Crippen LogP contribution < -0.4 is 16.0 Å². The number of aromatic amines is 1. The van der Waals surface area contributed by atoms with Gasteiger partial charge in [0, 0.05) is 5.92 Å². The van der Waals surface area contributed by atoms with Crippen LogP contribution in [0, 0.1) is 5.92 Å². The maximum absolute atomic E-state index is 12.4. The number of nitrogens with one attached hydrogen (secondary N) is 2. The summed E-state index contributed by atoms with van der Waals surface area (Å²) in [4.78, 5) is 19.9. The van der Waals surface area contributed by atoms with Gasteiger partial charge in [-0.2, -0.15) is 0 Å². The molecule has 2 aliphatic rings. The second-order valence-corrected chi connectivity index (χ2v) is 6.02. The number of H-pyrrole nitrogens is 1. The Morgan fingerprint density at radius 2 is 2.09 bits per heavy atom. The molecule has 0 bridgehead atoms. The van der Waals surface area contributed by atoms with Crippen molar-refractivity contribution in [2.45, 2.75) is 18.8 Å². The van der Waals surface area contributed by atoms with Crippen molar-refractivity contribution in [3.8, 4) is 0 Å². The summed E-state index contributed by atoms with van der Waals surface area (Å²) in [6.07, 6.45) is 7.39. The Kier molecular flexibility index (Phi) is 3.41. The van der Waals surface area contributed by atoms with Gasteiger partial charge in [-0.3, -0.25) is 10.1 Å². The molecule has 2 unspecified atom stereocenters. The van der Waals surface area contributed by atoms with Crippen molar-refractivity contribution >= 4 is 31.9 Å². The number of amides is 1. The number of aromatic nitrogens is 2. The van der Waals surface area contributed by atoms with Gasteiger partial charge in [-0.1, -0.05) is 48.0 Å². The van der Waals surface area contributed by atoms with Crippen molar-refractivity contribution in [3.05, 3.63) is 58.1 Å². The number of anilines is 1. The van der Waals surface area contributed by atoms with E-state index in [1.165, 1.54) is 5.56 Å². The fraction of sp³-hybridized carbons (Fsp3) is 0.222. The molecular weight excluding hydrogens is 285 g/mol. The molecule has 1 aromatic carbocycles. The first kappa shape index (κ1) is 14.1. The summed E-state index contributed by atoms with van der Waals surface area (Å²) < 4.78 is 0. The zero-order valence-corrected chi connectivity index (χ0v) is 12.6. The number of carbonyl (C=O) groups is 1. The average molecular weight is 301 g/mol. The van der Waals surface area contributed by atoms with Crippen LogP contribution in [0.3, 0.4) is 0 Å². The molecule has 1 fully saturated rings. The number of imidazole rings is 1. The second-order valence-electron chi connectivity index (χ2n) is 6.02. The van der Waals surface area contributed by atoms with Gasteiger partial charge < -0.3 is 4.98 Å². The standard InChI is InChI=1S/C18H16BN3O/c19-12-7-4-8-15-16(9-12)21-18(20-15)22-17(23)14-10-13(14)11-5-2-1-3-6-11/h1-3,5-9,13-14H,4,10H2,(H2,20,21,22,23). The minimum Gasteiger partial charge on any atom is -0.324 e. The molecule has 112 valence electrons. The largest absolute Gasteiger partial charge is 0.324 e. The first-order valence-corrected chi connectivity index (χ1v) is 7.80. The van der Waals surface area contributed by atoms with Crippen LogP contribution >= 0.6 is 0 Å². The van der Waals surface area contributed by atoms with Crippen LogP contribution in [-0.2, 0) is 4.79 Å². The van der Waals surface area contributed by atoms with Crippen molar-refractivity contribution in [2.24, 2.45) is 5.92 Å². The molecule has 2 atom stereocenters. The highest BCUT2D eigenvalue weighted by molar-refractivity contribution is 6.26. The van der Waals surface area contributed by atoms with Crippen molar-refractivity contribution in [1.82, 2.24) is 9.97 Å². The highest BCUT2D eigenvalue weighted by atomic mass is 16.2. The Morgan fingerprint density at radius 1 is 1.26 bits per heavy atom. The van der Waals surface area contributed by atoms with Gasteiger partial charge in [-0.15, -0.1) is 0 Å². The molecule has 0 saturated heterocycles. The number of nitrogens with zero attached hydrogens (tertiary/aromatic N) is 1. The Balaban J connectivity index is 1.49. The zero-order chi connectivity index (χ0) is 15.8. The summed E-state index contributed by atoms with van der Waals surface area (Å²) >= 11 is 0. The van der Waals surface area contributed by atoms with Crippen molar-refractivity contribution in [1.29, 1.82) is 0 Å². The monoisotopic (exact) mass is 301 g/mol. The third-order valence-corrected chi connectivity index (χ3v) is 4.33. The quantitative estimate of drug-likeness (QED) is 0.836. The highest BCUT2D eigenvalue weighted by Crippen LogP contribution is 2.47. The summed E-state index contributed by atoms with van der Waals surface area (Å²) in [5, 5.41) is 4.55. The molecular formula is C18H16BN3O. The molecule has 4 rings (SSSR count). The molecule has 4 nitrogen and oxygen atoms in total. The van der Waals surface area contributed by atoms with E-state index < -0.39 is 0 Å². The van der Waals surface area contributed by atoms with E-state index in [4.69, 9.17) is 7.85 Å². The minimum atomic E-state index is 0.0197. The molecule has 2 radical (unpaired) electrons. The van der Waals surface area contributed by atoms with Gasteiger partial charge in [0.05, 0.1) is 10.7 Å². The van der Waals surface area contributed by atoms with Crippen LogP contribution in [0.2, 0.25) is 0 Å². The maximum atomic E-state index is 12.4. The minimum absolute atomic E-state index is 0.0197. The van der Waals surface area contributed by atoms with Crippen LogP contribution in [0.15, 0.2) is 41.9 Å². The number of allylic oxidation sites excluding steroid dienone is 2. The van der Waals surface area contributed by atoms with Gasteiger partial charge in [0.15, 0.2) is 0 Å². The number of benzene rings is 1. The number of hydrogen-bond donors (Lipinski definition) is 2. The lowest BCUT2D eigenvalue weighted by atomic mass is 9.95. The molecule has 5 heteroatoms. The predicted octanol–water partition coefficient (Wildman–Crippen LogP) is 1.17. The van der Waals surface area contributed by atoms with Crippen LogP contribution in [0.1, 0.15) is 24.3 Å². The molecule has 0 spiro atoms. The predicted molar refractivity (Wildman–Crippen MR) is 91.1 cm³/mol. The fourth-order valence-corrected chi connectivity index (χ4v) is 3.02. The van der Waals surface area contributed by atoms with Crippen LogP contribution in [0.25, 0.3) is 12.2 Å². The molecule has 1 amide bonds. The normalized spacial score (nSPS) is 22.0. The average Bonchev–Trinajstić information content (AvgIpc) is 3.29. The summed E-state index contributed by atoms with van der Waals surface area (Å²) in [6, 6.07) is 10.2. The summed E-state index contributed by atoms with van der Waals surface area (Å²) in [7, 11) is 5.85.